The van der Waals surface area contributed by atoms with Crippen LogP contribution in [-0.2, 0) is 35.1 Å². The largest absolute Gasteiger partial charge is 0.466 e. The fourth-order valence-electron chi connectivity index (χ4n) is 4.56. The van der Waals surface area contributed by atoms with Crippen LogP contribution in [0.15, 0.2) is 30.3 Å². The molecule has 212 valence electrons. The van der Waals surface area contributed by atoms with E-state index in [1.165, 1.54) is 42.6 Å². The SMILES string of the molecule is CCCCCCCCCCOC(=O)CC1C(=O)NCCN1C(=O)CCCC(=O)OCCCc1ccccc1. The fourth-order valence-corrected chi connectivity index (χ4v) is 4.56. The molecule has 0 aliphatic carbocycles. The number of aryl methyl sites for hydroxylation is 1. The smallest absolute Gasteiger partial charge is 0.308 e. The van der Waals surface area contributed by atoms with Gasteiger partial charge in [0.15, 0.2) is 0 Å². The lowest BCUT2D eigenvalue weighted by Gasteiger charge is -2.34. The number of amides is 2. The molecule has 8 nitrogen and oxygen atoms in total. The highest BCUT2D eigenvalue weighted by Crippen LogP contribution is 2.14. The van der Waals surface area contributed by atoms with Crippen LogP contribution in [0.2, 0.25) is 0 Å². The predicted molar refractivity (Wildman–Crippen MR) is 146 cm³/mol. The van der Waals surface area contributed by atoms with Crippen molar-refractivity contribution >= 4 is 23.8 Å². The summed E-state index contributed by atoms with van der Waals surface area (Å²) in [4.78, 5) is 51.0. The molecular formula is C30H46N2O6. The number of rotatable bonds is 19. The summed E-state index contributed by atoms with van der Waals surface area (Å²) in [6.07, 6.45) is 11.3. The van der Waals surface area contributed by atoms with Crippen molar-refractivity contribution in [1.29, 1.82) is 0 Å². The van der Waals surface area contributed by atoms with Gasteiger partial charge >= 0.3 is 11.9 Å². The first kappa shape index (κ1) is 31.3. The molecule has 1 fully saturated rings. The zero-order valence-corrected chi connectivity index (χ0v) is 23.1. The minimum Gasteiger partial charge on any atom is -0.466 e. The number of ether oxygens (including phenoxy) is 2. The van der Waals surface area contributed by atoms with Crippen molar-refractivity contribution < 1.29 is 28.7 Å². The Morgan fingerprint density at radius 2 is 1.50 bits per heavy atom. The molecule has 1 saturated heterocycles. The van der Waals surface area contributed by atoms with Crippen LogP contribution in [0.4, 0.5) is 0 Å². The molecule has 0 radical (unpaired) electrons. The molecule has 1 heterocycles. The standard InChI is InChI=1S/C30H46N2O6/c1-2-3-4-5-6-7-8-12-22-38-29(35)24-26-30(36)31-20-21-32(26)27(33)18-13-19-28(34)37-23-14-17-25-15-10-9-11-16-25/h9-11,15-16,26H,2-8,12-14,17-24H2,1H3,(H,31,36). The third-order valence-corrected chi connectivity index (χ3v) is 6.76. The Bertz CT molecular complexity index is 844. The van der Waals surface area contributed by atoms with Crippen LogP contribution in [0.5, 0.6) is 0 Å². The summed E-state index contributed by atoms with van der Waals surface area (Å²) in [5.74, 6) is -1.38. The van der Waals surface area contributed by atoms with E-state index in [1.807, 2.05) is 30.3 Å². The van der Waals surface area contributed by atoms with Crippen LogP contribution in [0.3, 0.4) is 0 Å². The van der Waals surface area contributed by atoms with E-state index in [9.17, 15) is 19.2 Å². The lowest BCUT2D eigenvalue weighted by molar-refractivity contribution is -0.152. The molecule has 0 aromatic heterocycles. The minimum absolute atomic E-state index is 0.121. The number of nitrogens with one attached hydrogen (secondary N) is 1. The third kappa shape index (κ3) is 13.1. The summed E-state index contributed by atoms with van der Waals surface area (Å²) in [5.41, 5.74) is 1.20. The zero-order chi connectivity index (χ0) is 27.4. The third-order valence-electron chi connectivity index (χ3n) is 6.76. The summed E-state index contributed by atoms with van der Waals surface area (Å²) >= 11 is 0. The maximum atomic E-state index is 12.8. The van der Waals surface area contributed by atoms with Gasteiger partial charge in [0.05, 0.1) is 19.6 Å². The molecule has 8 heteroatoms. The first-order chi connectivity index (χ1) is 18.5. The van der Waals surface area contributed by atoms with Crippen molar-refractivity contribution in [2.75, 3.05) is 26.3 Å². The number of nitrogens with zero attached hydrogens (tertiary/aromatic N) is 1. The number of carbonyl (C=O) groups is 4. The van der Waals surface area contributed by atoms with Gasteiger partial charge in [-0.15, -0.1) is 0 Å². The van der Waals surface area contributed by atoms with Crippen LogP contribution < -0.4 is 5.32 Å². The van der Waals surface area contributed by atoms with Crippen LogP contribution in [0, 0.1) is 0 Å². The van der Waals surface area contributed by atoms with E-state index in [-0.39, 0.29) is 37.0 Å². The first-order valence-electron chi connectivity index (χ1n) is 14.4. The number of unbranched alkanes of at least 4 members (excludes halogenated alkanes) is 7. The monoisotopic (exact) mass is 530 g/mol. The highest BCUT2D eigenvalue weighted by Gasteiger charge is 2.34. The van der Waals surface area contributed by atoms with Gasteiger partial charge in [-0.3, -0.25) is 19.2 Å². The number of benzene rings is 1. The molecule has 1 N–H and O–H groups in total. The fraction of sp³-hybridized carbons (Fsp3) is 0.667. The molecule has 0 bridgehead atoms. The van der Waals surface area contributed by atoms with Crippen molar-refractivity contribution in [3.8, 4) is 0 Å². The zero-order valence-electron chi connectivity index (χ0n) is 23.1. The number of piperazine rings is 1. The average molecular weight is 531 g/mol. The number of hydrogen-bond donors (Lipinski definition) is 1. The lowest BCUT2D eigenvalue weighted by Crippen LogP contribution is -2.57. The molecule has 2 rings (SSSR count). The molecule has 2 amide bonds. The summed E-state index contributed by atoms with van der Waals surface area (Å²) in [5, 5.41) is 2.73. The van der Waals surface area contributed by atoms with Gasteiger partial charge in [0.1, 0.15) is 6.04 Å². The summed E-state index contributed by atoms with van der Waals surface area (Å²) in [7, 11) is 0. The Morgan fingerprint density at radius 1 is 0.842 bits per heavy atom. The van der Waals surface area contributed by atoms with Gasteiger partial charge in [-0.1, -0.05) is 82.2 Å². The van der Waals surface area contributed by atoms with Crippen molar-refractivity contribution in [3.63, 3.8) is 0 Å². The van der Waals surface area contributed by atoms with E-state index in [0.29, 0.717) is 32.7 Å². The summed E-state index contributed by atoms with van der Waals surface area (Å²) in [6, 6.07) is 9.14. The molecule has 1 aliphatic rings. The van der Waals surface area contributed by atoms with Crippen LogP contribution in [0.1, 0.15) is 96.0 Å². The maximum Gasteiger partial charge on any atom is 0.308 e. The van der Waals surface area contributed by atoms with E-state index in [2.05, 4.69) is 12.2 Å². The molecule has 0 spiro atoms. The van der Waals surface area contributed by atoms with E-state index >= 15 is 0 Å². The molecule has 1 aromatic rings. The molecule has 38 heavy (non-hydrogen) atoms. The Labute approximate surface area is 227 Å². The van der Waals surface area contributed by atoms with Gasteiger partial charge < -0.3 is 19.7 Å². The first-order valence-corrected chi connectivity index (χ1v) is 14.4. The molecule has 1 aliphatic heterocycles. The minimum atomic E-state index is -0.868. The highest BCUT2D eigenvalue weighted by atomic mass is 16.5. The van der Waals surface area contributed by atoms with Crippen LogP contribution >= 0.6 is 0 Å². The highest BCUT2D eigenvalue weighted by molar-refractivity contribution is 5.92. The Kier molecular flexibility index (Phi) is 15.8. The van der Waals surface area contributed by atoms with E-state index in [0.717, 1.165) is 32.1 Å². The summed E-state index contributed by atoms with van der Waals surface area (Å²) < 4.78 is 10.6. The second-order valence-corrected chi connectivity index (χ2v) is 9.96. The van der Waals surface area contributed by atoms with Gasteiger partial charge in [-0.25, -0.2) is 0 Å². The molecule has 1 unspecified atom stereocenters. The second kappa shape index (κ2) is 19.2. The summed E-state index contributed by atoms with van der Waals surface area (Å²) in [6.45, 7) is 3.57. The average Bonchev–Trinajstić information content (AvgIpc) is 2.92. The van der Waals surface area contributed by atoms with E-state index < -0.39 is 12.0 Å². The second-order valence-electron chi connectivity index (χ2n) is 9.96. The van der Waals surface area contributed by atoms with Gasteiger partial charge in [-0.05, 0) is 31.2 Å². The van der Waals surface area contributed by atoms with Crippen molar-refractivity contribution in [1.82, 2.24) is 10.2 Å². The van der Waals surface area contributed by atoms with E-state index in [4.69, 9.17) is 9.47 Å². The predicted octanol–water partition coefficient (Wildman–Crippen LogP) is 4.73. The van der Waals surface area contributed by atoms with Crippen molar-refractivity contribution in [3.05, 3.63) is 35.9 Å². The Hall–Kier alpha value is -2.90. The van der Waals surface area contributed by atoms with Gasteiger partial charge in [0, 0.05) is 25.9 Å². The van der Waals surface area contributed by atoms with Gasteiger partial charge in [0.2, 0.25) is 11.8 Å². The van der Waals surface area contributed by atoms with Gasteiger partial charge in [0.25, 0.3) is 0 Å². The number of hydrogen-bond acceptors (Lipinski definition) is 6. The molecule has 1 atom stereocenters. The topological polar surface area (TPSA) is 102 Å². The van der Waals surface area contributed by atoms with Crippen LogP contribution in [-0.4, -0.2) is 61.0 Å². The number of carbonyl (C=O) groups excluding carboxylic acids is 4. The normalized spacial score (nSPS) is 15.1. The molecule has 1 aromatic carbocycles. The van der Waals surface area contributed by atoms with Crippen molar-refractivity contribution in [2.45, 2.75) is 103 Å². The molecule has 0 saturated carbocycles. The number of esters is 2. The Morgan fingerprint density at radius 3 is 2.24 bits per heavy atom. The maximum absolute atomic E-state index is 12.8. The quantitative estimate of drug-likeness (QED) is 0.205. The van der Waals surface area contributed by atoms with Crippen molar-refractivity contribution in [2.24, 2.45) is 0 Å². The van der Waals surface area contributed by atoms with Gasteiger partial charge in [-0.2, -0.15) is 0 Å². The lowest BCUT2D eigenvalue weighted by atomic mass is 10.1. The van der Waals surface area contributed by atoms with E-state index in [1.54, 1.807) is 0 Å². The van der Waals surface area contributed by atoms with Crippen LogP contribution in [0.25, 0.3) is 0 Å². The molecular weight excluding hydrogens is 484 g/mol. The Balaban J connectivity index is 1.61.